The van der Waals surface area contributed by atoms with Crippen LogP contribution in [0.4, 0.5) is 5.69 Å². The molecule has 186 valence electrons. The molecule has 0 bridgehead atoms. The van der Waals surface area contributed by atoms with E-state index < -0.39 is 5.97 Å². The van der Waals surface area contributed by atoms with Crippen LogP contribution in [-0.4, -0.2) is 42.1 Å². The molecule has 3 aromatic rings. The number of benzene rings is 2. The van der Waals surface area contributed by atoms with E-state index in [2.05, 4.69) is 32.2 Å². The lowest BCUT2D eigenvalue weighted by Gasteiger charge is -2.23. The second kappa shape index (κ2) is 10.4. The lowest BCUT2D eigenvalue weighted by Crippen LogP contribution is -2.29. The molecule has 4 rings (SSSR count). The van der Waals surface area contributed by atoms with Gasteiger partial charge in [0.2, 0.25) is 0 Å². The molecular weight excluding hydrogens is 444 g/mol. The fraction of sp³-hybridized carbons (Fsp3) is 0.429. The Labute approximate surface area is 206 Å². The zero-order chi connectivity index (χ0) is 25.1. The molecule has 0 aliphatic heterocycles. The summed E-state index contributed by atoms with van der Waals surface area (Å²) in [7, 11) is 1.61. The van der Waals surface area contributed by atoms with Crippen molar-refractivity contribution in [1.82, 2.24) is 4.90 Å². The third-order valence-corrected chi connectivity index (χ3v) is 6.54. The van der Waals surface area contributed by atoms with Crippen LogP contribution in [0.15, 0.2) is 46.9 Å². The van der Waals surface area contributed by atoms with Crippen LogP contribution in [0.2, 0.25) is 0 Å². The fourth-order valence-electron chi connectivity index (χ4n) is 4.11. The Kier molecular flexibility index (Phi) is 7.34. The van der Waals surface area contributed by atoms with Crippen molar-refractivity contribution in [2.75, 3.05) is 25.5 Å². The van der Waals surface area contributed by atoms with Gasteiger partial charge >= 0.3 is 5.97 Å². The highest BCUT2D eigenvalue weighted by Crippen LogP contribution is 2.37. The number of ether oxygens (including phenoxy) is 1. The summed E-state index contributed by atoms with van der Waals surface area (Å²) in [5, 5.41) is 13.5. The van der Waals surface area contributed by atoms with Crippen molar-refractivity contribution in [2.24, 2.45) is 11.8 Å². The number of amides is 1. The summed E-state index contributed by atoms with van der Waals surface area (Å²) >= 11 is 0. The molecule has 7 nitrogen and oxygen atoms in total. The maximum absolute atomic E-state index is 12.6. The van der Waals surface area contributed by atoms with E-state index in [0.717, 1.165) is 40.3 Å². The number of carbonyl (C=O) groups is 2. The highest BCUT2D eigenvalue weighted by atomic mass is 16.5. The van der Waals surface area contributed by atoms with Crippen molar-refractivity contribution in [3.63, 3.8) is 0 Å². The minimum Gasteiger partial charge on any atom is -0.493 e. The van der Waals surface area contributed by atoms with Gasteiger partial charge in [-0.15, -0.1) is 0 Å². The maximum Gasteiger partial charge on any atom is 0.305 e. The number of carboxylic acid groups (broad SMARTS) is 1. The Hall–Kier alpha value is -3.48. The first kappa shape index (κ1) is 24.6. The van der Waals surface area contributed by atoms with Crippen molar-refractivity contribution in [3.8, 4) is 5.75 Å². The van der Waals surface area contributed by atoms with Crippen LogP contribution in [0.3, 0.4) is 0 Å². The van der Waals surface area contributed by atoms with Gasteiger partial charge in [0.1, 0.15) is 17.1 Å². The smallest absolute Gasteiger partial charge is 0.305 e. The van der Waals surface area contributed by atoms with Crippen LogP contribution in [-0.2, 0) is 4.79 Å². The molecule has 2 aromatic carbocycles. The number of carbonyl (C=O) groups excluding carboxylic acids is 1. The zero-order valence-electron chi connectivity index (χ0n) is 20.8. The summed E-state index contributed by atoms with van der Waals surface area (Å²) in [5.74, 6) is 1.60. The molecule has 1 saturated carbocycles. The minimum atomic E-state index is -0.924. The van der Waals surface area contributed by atoms with E-state index in [1.54, 1.807) is 19.2 Å². The molecule has 1 unspecified atom stereocenters. The van der Waals surface area contributed by atoms with Gasteiger partial charge in [-0.1, -0.05) is 13.8 Å². The van der Waals surface area contributed by atoms with Crippen LogP contribution >= 0.6 is 0 Å². The van der Waals surface area contributed by atoms with Crippen molar-refractivity contribution in [1.29, 1.82) is 0 Å². The predicted octanol–water partition coefficient (Wildman–Crippen LogP) is 5.89. The van der Waals surface area contributed by atoms with Crippen LogP contribution < -0.4 is 10.1 Å². The maximum atomic E-state index is 12.6. The number of nitrogens with zero attached hydrogens (tertiary/aromatic N) is 1. The summed E-state index contributed by atoms with van der Waals surface area (Å²) in [4.78, 5) is 24.8. The number of fused-ring (bicyclic) bond motifs is 1. The van der Waals surface area contributed by atoms with E-state index in [0.29, 0.717) is 11.5 Å². The van der Waals surface area contributed by atoms with Crippen molar-refractivity contribution in [3.05, 3.63) is 59.4 Å². The van der Waals surface area contributed by atoms with Gasteiger partial charge in [0.15, 0.2) is 0 Å². The van der Waals surface area contributed by atoms with Crippen molar-refractivity contribution in [2.45, 2.75) is 46.1 Å². The molecule has 0 radical (unpaired) electrons. The highest BCUT2D eigenvalue weighted by Gasteiger charge is 2.25. The summed E-state index contributed by atoms with van der Waals surface area (Å²) in [6, 6.07) is 13.2. The highest BCUT2D eigenvalue weighted by molar-refractivity contribution is 5.94. The van der Waals surface area contributed by atoms with Crippen LogP contribution in [0.1, 0.15) is 60.8 Å². The van der Waals surface area contributed by atoms with E-state index in [1.807, 2.05) is 24.3 Å². The lowest BCUT2D eigenvalue weighted by atomic mass is 9.97. The number of carboxylic acids is 1. The Bertz CT molecular complexity index is 1190. The lowest BCUT2D eigenvalue weighted by molar-refractivity contribution is -0.137. The minimum absolute atomic E-state index is 0.0574. The molecule has 1 amide bonds. The SMILES string of the molecule is Cc1c(C(Nc2ccc(C(=O)N(C)CCC(=O)O)cc2)C(C)C)oc2ccc(OCC3CC3)cc12. The Morgan fingerprint density at radius 1 is 1.17 bits per heavy atom. The van der Waals surface area contributed by atoms with Crippen LogP contribution in [0.5, 0.6) is 5.75 Å². The molecule has 1 aromatic heterocycles. The molecule has 1 heterocycles. The van der Waals surface area contributed by atoms with Gasteiger partial charge in [-0.25, -0.2) is 0 Å². The molecule has 0 saturated heterocycles. The second-order valence-corrected chi connectivity index (χ2v) is 9.82. The van der Waals surface area contributed by atoms with Gasteiger partial charge < -0.3 is 24.5 Å². The van der Waals surface area contributed by atoms with E-state index in [4.69, 9.17) is 14.3 Å². The summed E-state index contributed by atoms with van der Waals surface area (Å²) in [5.41, 5.74) is 3.33. The fourth-order valence-corrected chi connectivity index (χ4v) is 4.11. The monoisotopic (exact) mass is 478 g/mol. The van der Waals surface area contributed by atoms with Gasteiger partial charge in [-0.3, -0.25) is 9.59 Å². The Balaban J connectivity index is 1.49. The average Bonchev–Trinajstić information content (AvgIpc) is 3.62. The molecule has 1 fully saturated rings. The van der Waals surface area contributed by atoms with E-state index in [1.165, 1.54) is 17.7 Å². The number of hydrogen-bond donors (Lipinski definition) is 2. The quantitative estimate of drug-likeness (QED) is 0.357. The average molecular weight is 479 g/mol. The number of nitrogens with one attached hydrogen (secondary N) is 1. The number of anilines is 1. The molecule has 7 heteroatoms. The van der Waals surface area contributed by atoms with Crippen LogP contribution in [0.25, 0.3) is 11.0 Å². The zero-order valence-corrected chi connectivity index (χ0v) is 20.8. The molecule has 35 heavy (non-hydrogen) atoms. The van der Waals surface area contributed by atoms with Crippen molar-refractivity contribution < 1.29 is 23.8 Å². The number of aliphatic carboxylic acids is 1. The number of hydrogen-bond acceptors (Lipinski definition) is 5. The number of rotatable bonds is 11. The summed E-state index contributed by atoms with van der Waals surface area (Å²) in [6.07, 6.45) is 2.44. The molecule has 1 atom stereocenters. The van der Waals surface area contributed by atoms with Gasteiger partial charge in [0.05, 0.1) is 19.1 Å². The van der Waals surface area contributed by atoms with Gasteiger partial charge in [0.25, 0.3) is 5.91 Å². The van der Waals surface area contributed by atoms with Gasteiger partial charge in [0, 0.05) is 35.8 Å². The number of furan rings is 1. The third-order valence-electron chi connectivity index (χ3n) is 6.54. The van der Waals surface area contributed by atoms with Gasteiger partial charge in [-0.05, 0) is 74.1 Å². The summed E-state index contributed by atoms with van der Waals surface area (Å²) in [6.45, 7) is 7.31. The van der Waals surface area contributed by atoms with E-state index in [9.17, 15) is 9.59 Å². The second-order valence-electron chi connectivity index (χ2n) is 9.82. The topological polar surface area (TPSA) is 92.0 Å². The van der Waals surface area contributed by atoms with Crippen molar-refractivity contribution >= 4 is 28.5 Å². The van der Waals surface area contributed by atoms with E-state index >= 15 is 0 Å². The first-order valence-electron chi connectivity index (χ1n) is 12.2. The van der Waals surface area contributed by atoms with Crippen LogP contribution in [0, 0.1) is 18.8 Å². The summed E-state index contributed by atoms with van der Waals surface area (Å²) < 4.78 is 12.3. The molecular formula is C28H34N2O5. The Morgan fingerprint density at radius 3 is 2.51 bits per heavy atom. The normalized spacial score (nSPS) is 14.2. The molecule has 1 aliphatic rings. The van der Waals surface area contributed by atoms with Gasteiger partial charge in [-0.2, -0.15) is 0 Å². The van der Waals surface area contributed by atoms with E-state index in [-0.39, 0.29) is 30.8 Å². The molecule has 0 spiro atoms. The Morgan fingerprint density at radius 2 is 1.89 bits per heavy atom. The first-order chi connectivity index (χ1) is 16.7. The third kappa shape index (κ3) is 5.96. The largest absolute Gasteiger partial charge is 0.493 e. The predicted molar refractivity (Wildman–Crippen MR) is 136 cm³/mol. The number of aryl methyl sites for hydroxylation is 1. The molecule has 1 aliphatic carbocycles. The molecule has 2 N–H and O–H groups in total. The standard InChI is InChI=1S/C28H34N2O5/c1-17(2)26(29-21-9-7-20(8-10-21)28(33)30(4)14-13-25(31)32)27-18(3)23-15-22(11-12-24(23)35-27)34-16-19-5-6-19/h7-12,15,17,19,26,29H,5-6,13-14,16H2,1-4H3,(H,31,32). The first-order valence-corrected chi connectivity index (χ1v) is 12.2.